The van der Waals surface area contributed by atoms with Gasteiger partial charge >= 0.3 is 0 Å². The van der Waals surface area contributed by atoms with Crippen molar-refractivity contribution in [2.75, 3.05) is 0 Å². The van der Waals surface area contributed by atoms with Gasteiger partial charge in [0.1, 0.15) is 0 Å². The molecule has 4 heteroatoms. The second kappa shape index (κ2) is 5.62. The van der Waals surface area contributed by atoms with Crippen molar-refractivity contribution < 1.29 is 4.79 Å². The number of amides is 1. The van der Waals surface area contributed by atoms with Crippen LogP contribution in [0.2, 0.25) is 5.02 Å². The average molecular weight is 331 g/mol. The van der Waals surface area contributed by atoms with Gasteiger partial charge in [0.05, 0.1) is 5.02 Å². The molecule has 1 heterocycles. The van der Waals surface area contributed by atoms with Gasteiger partial charge in [-0.25, -0.2) is 0 Å². The summed E-state index contributed by atoms with van der Waals surface area (Å²) in [7, 11) is 0. The van der Waals surface area contributed by atoms with E-state index in [2.05, 4.69) is 29.8 Å². The van der Waals surface area contributed by atoms with Crippen LogP contribution in [0.1, 0.15) is 43.5 Å². The molecule has 2 nitrogen and oxygen atoms in total. The van der Waals surface area contributed by atoms with Crippen molar-refractivity contribution in [3.05, 3.63) is 33.3 Å². The number of halogens is 2. The maximum atomic E-state index is 12.5. The molecule has 0 N–H and O–H groups in total. The summed E-state index contributed by atoms with van der Waals surface area (Å²) in [5, 5.41) is 0.584. The lowest BCUT2D eigenvalue weighted by Crippen LogP contribution is -2.39. The highest BCUT2D eigenvalue weighted by Crippen LogP contribution is 2.29. The molecule has 18 heavy (non-hydrogen) atoms. The highest BCUT2D eigenvalue weighted by molar-refractivity contribution is 9.10. The van der Waals surface area contributed by atoms with Crippen LogP contribution < -0.4 is 0 Å². The van der Waals surface area contributed by atoms with E-state index in [1.54, 1.807) is 6.07 Å². The van der Waals surface area contributed by atoms with E-state index in [9.17, 15) is 4.79 Å². The van der Waals surface area contributed by atoms with Crippen LogP contribution in [-0.4, -0.2) is 22.9 Å². The summed E-state index contributed by atoms with van der Waals surface area (Å²) in [6, 6.07) is 6.10. The van der Waals surface area contributed by atoms with Crippen molar-refractivity contribution in [1.82, 2.24) is 4.90 Å². The summed E-state index contributed by atoms with van der Waals surface area (Å²) >= 11 is 9.40. The number of hydrogen-bond acceptors (Lipinski definition) is 1. The van der Waals surface area contributed by atoms with E-state index in [0.717, 1.165) is 23.7 Å². The number of hydrogen-bond donors (Lipinski definition) is 0. The molecule has 2 unspecified atom stereocenters. The Morgan fingerprint density at radius 1 is 1.50 bits per heavy atom. The van der Waals surface area contributed by atoms with E-state index in [1.165, 1.54) is 0 Å². The summed E-state index contributed by atoms with van der Waals surface area (Å²) in [5.74, 6) is 0.0984. The Bertz CT molecular complexity index is 463. The van der Waals surface area contributed by atoms with Crippen LogP contribution >= 0.6 is 27.5 Å². The second-order valence-corrected chi connectivity index (χ2v) is 6.09. The van der Waals surface area contributed by atoms with Crippen LogP contribution in [-0.2, 0) is 0 Å². The molecular weight excluding hydrogens is 314 g/mol. The molecule has 0 aliphatic carbocycles. The van der Waals surface area contributed by atoms with Crippen molar-refractivity contribution in [3.63, 3.8) is 0 Å². The van der Waals surface area contributed by atoms with Gasteiger partial charge in [-0.15, -0.1) is 0 Å². The van der Waals surface area contributed by atoms with Gasteiger partial charge in [-0.2, -0.15) is 0 Å². The molecule has 1 aromatic carbocycles. The average Bonchev–Trinajstić information content (AvgIpc) is 2.73. The summed E-state index contributed by atoms with van der Waals surface area (Å²) in [5.41, 5.74) is 0.676. The van der Waals surface area contributed by atoms with Crippen LogP contribution in [0.3, 0.4) is 0 Å². The summed E-state index contributed by atoms with van der Waals surface area (Å²) in [6.45, 7) is 4.26. The minimum atomic E-state index is 0.0984. The van der Waals surface area contributed by atoms with E-state index in [-0.39, 0.29) is 5.91 Å². The molecule has 1 aliphatic rings. The van der Waals surface area contributed by atoms with Crippen LogP contribution in [0.25, 0.3) is 0 Å². The summed E-state index contributed by atoms with van der Waals surface area (Å²) in [6.07, 6.45) is 3.21. The highest BCUT2D eigenvalue weighted by Gasteiger charge is 2.33. The fourth-order valence-corrected chi connectivity index (χ4v) is 3.04. The zero-order chi connectivity index (χ0) is 13.3. The lowest BCUT2D eigenvalue weighted by Gasteiger charge is -2.28. The van der Waals surface area contributed by atoms with Crippen LogP contribution in [0, 0.1) is 0 Å². The Hall–Kier alpha value is -0.540. The second-order valence-electron chi connectivity index (χ2n) is 4.83. The molecule has 0 aromatic heterocycles. The van der Waals surface area contributed by atoms with Gasteiger partial charge in [0, 0.05) is 22.1 Å². The van der Waals surface area contributed by atoms with Crippen molar-refractivity contribution in [1.29, 1.82) is 0 Å². The van der Waals surface area contributed by atoms with E-state index >= 15 is 0 Å². The Morgan fingerprint density at radius 3 is 2.83 bits per heavy atom. The van der Waals surface area contributed by atoms with E-state index in [0.29, 0.717) is 22.7 Å². The third-order valence-electron chi connectivity index (χ3n) is 3.66. The van der Waals surface area contributed by atoms with E-state index in [1.807, 2.05) is 17.0 Å². The minimum Gasteiger partial charge on any atom is -0.333 e. The molecule has 1 amide bonds. The fraction of sp³-hybridized carbons (Fsp3) is 0.500. The first kappa shape index (κ1) is 13.9. The summed E-state index contributed by atoms with van der Waals surface area (Å²) < 4.78 is 0.822. The van der Waals surface area contributed by atoms with Gasteiger partial charge in [0.25, 0.3) is 5.91 Å². The third kappa shape index (κ3) is 2.57. The smallest absolute Gasteiger partial charge is 0.254 e. The van der Waals surface area contributed by atoms with Crippen LogP contribution in [0.4, 0.5) is 0 Å². The molecule has 2 rings (SSSR count). The van der Waals surface area contributed by atoms with Crippen molar-refractivity contribution in [2.45, 2.75) is 45.2 Å². The third-order valence-corrected chi connectivity index (χ3v) is 4.89. The van der Waals surface area contributed by atoms with Gasteiger partial charge < -0.3 is 4.90 Å². The zero-order valence-electron chi connectivity index (χ0n) is 10.6. The van der Waals surface area contributed by atoms with Gasteiger partial charge in [-0.3, -0.25) is 4.79 Å². The Morgan fingerprint density at radius 2 is 2.22 bits per heavy atom. The number of benzene rings is 1. The topological polar surface area (TPSA) is 20.3 Å². The molecule has 1 aliphatic heterocycles. The normalized spacial score (nSPS) is 23.4. The molecule has 1 aromatic rings. The first-order valence-electron chi connectivity index (χ1n) is 6.32. The molecule has 0 spiro atoms. The fourth-order valence-electron chi connectivity index (χ4n) is 2.62. The first-order valence-corrected chi connectivity index (χ1v) is 7.49. The Labute approximate surface area is 121 Å². The van der Waals surface area contributed by atoms with Gasteiger partial charge in [-0.05, 0) is 60.3 Å². The predicted molar refractivity (Wildman–Crippen MR) is 78.1 cm³/mol. The zero-order valence-corrected chi connectivity index (χ0v) is 13.0. The molecular formula is C14H17BrClNO. The highest BCUT2D eigenvalue weighted by atomic mass is 79.9. The quantitative estimate of drug-likeness (QED) is 0.781. The van der Waals surface area contributed by atoms with Crippen molar-refractivity contribution >= 4 is 33.4 Å². The summed E-state index contributed by atoms with van der Waals surface area (Å²) in [4.78, 5) is 14.6. The van der Waals surface area contributed by atoms with Gasteiger partial charge in [0.2, 0.25) is 0 Å². The number of carbonyl (C=O) groups is 1. The van der Waals surface area contributed by atoms with Crippen molar-refractivity contribution in [2.24, 2.45) is 0 Å². The maximum absolute atomic E-state index is 12.5. The molecule has 98 valence electrons. The number of carbonyl (C=O) groups excluding carboxylic acids is 1. The standard InChI is InChI=1S/C14H17BrClNO/c1-3-11-6-4-9(2)17(11)14(18)10-5-7-12(15)13(16)8-10/h5,7-9,11H,3-4,6H2,1-2H3. The molecule has 0 radical (unpaired) electrons. The number of likely N-dealkylation sites (tertiary alicyclic amines) is 1. The maximum Gasteiger partial charge on any atom is 0.254 e. The predicted octanol–water partition coefficient (Wildman–Crippen LogP) is 4.51. The lowest BCUT2D eigenvalue weighted by atomic mass is 10.1. The molecule has 1 fully saturated rings. The monoisotopic (exact) mass is 329 g/mol. The molecule has 1 saturated heterocycles. The van der Waals surface area contributed by atoms with Gasteiger partial charge in [-0.1, -0.05) is 18.5 Å². The molecule has 0 bridgehead atoms. The van der Waals surface area contributed by atoms with Gasteiger partial charge in [0.15, 0.2) is 0 Å². The van der Waals surface area contributed by atoms with Crippen LogP contribution in [0.15, 0.2) is 22.7 Å². The SMILES string of the molecule is CCC1CCC(C)N1C(=O)c1ccc(Br)c(Cl)c1. The van der Waals surface area contributed by atoms with Crippen molar-refractivity contribution in [3.8, 4) is 0 Å². The Kier molecular flexibility index (Phi) is 4.33. The lowest BCUT2D eigenvalue weighted by molar-refractivity contribution is 0.0676. The molecule has 2 atom stereocenters. The Balaban J connectivity index is 2.27. The van der Waals surface area contributed by atoms with E-state index < -0.39 is 0 Å². The van der Waals surface area contributed by atoms with E-state index in [4.69, 9.17) is 11.6 Å². The van der Waals surface area contributed by atoms with Crippen LogP contribution in [0.5, 0.6) is 0 Å². The number of nitrogens with zero attached hydrogens (tertiary/aromatic N) is 1. The molecule has 0 saturated carbocycles. The minimum absolute atomic E-state index is 0.0984. The number of rotatable bonds is 2. The first-order chi connectivity index (χ1) is 8.54. The largest absolute Gasteiger partial charge is 0.333 e.